The van der Waals surface area contributed by atoms with E-state index < -0.39 is 61.6 Å². The summed E-state index contributed by atoms with van der Waals surface area (Å²) in [6.45, 7) is -0.0631. The van der Waals surface area contributed by atoms with Crippen LogP contribution in [0.3, 0.4) is 0 Å². The Hall–Kier alpha value is -4.47. The Morgan fingerprint density at radius 2 is 1.26 bits per heavy atom. The second kappa shape index (κ2) is 16.2. The van der Waals surface area contributed by atoms with E-state index in [0.29, 0.717) is 11.1 Å². The number of benzene rings is 3. The topological polar surface area (TPSA) is 179 Å². The Morgan fingerprint density at radius 3 is 1.77 bits per heavy atom. The predicted octanol–water partition coefficient (Wildman–Crippen LogP) is 4.05. The van der Waals surface area contributed by atoms with Crippen LogP contribution in [-0.4, -0.2) is 57.0 Å². The molecule has 0 aliphatic carbocycles. The monoisotopic (exact) mass is 610 g/mol. The van der Waals surface area contributed by atoms with Crippen molar-refractivity contribution in [1.29, 1.82) is 0 Å². The third kappa shape index (κ3) is 11.4. The molecule has 0 aliphatic rings. The van der Waals surface area contributed by atoms with Gasteiger partial charge in [0.25, 0.3) is 0 Å². The van der Waals surface area contributed by atoms with Crippen molar-refractivity contribution in [1.82, 2.24) is 10.6 Å². The highest BCUT2D eigenvalue weighted by atomic mass is 31.2. The molecule has 43 heavy (non-hydrogen) atoms. The number of nitrogens with one attached hydrogen (secondary N) is 2. The van der Waals surface area contributed by atoms with E-state index in [4.69, 9.17) is 9.84 Å². The molecular weight excluding hydrogens is 575 g/mol. The number of amides is 2. The number of carboxylic acid groups (broad SMARTS) is 2. The Balaban J connectivity index is 1.84. The first kappa shape index (κ1) is 33.0. The summed E-state index contributed by atoms with van der Waals surface area (Å²) < 4.78 is 19.3. The molecule has 0 aliphatic heterocycles. The van der Waals surface area contributed by atoms with Crippen molar-refractivity contribution in [2.24, 2.45) is 5.92 Å². The summed E-state index contributed by atoms with van der Waals surface area (Å²) in [5.41, 5.74) is 2.05. The lowest BCUT2D eigenvalue weighted by Gasteiger charge is -2.28. The number of carboxylic acids is 2. The fraction of sp³-hybridized carbons (Fsp3) is 0.290. The zero-order chi connectivity index (χ0) is 31.2. The Labute approximate surface area is 249 Å². The van der Waals surface area contributed by atoms with Gasteiger partial charge >= 0.3 is 18.0 Å². The summed E-state index contributed by atoms with van der Waals surface area (Å²) in [5.74, 6) is -5.97. The van der Waals surface area contributed by atoms with Gasteiger partial charge in [-0.25, -0.2) is 9.59 Å². The molecule has 3 aromatic rings. The van der Waals surface area contributed by atoms with Crippen molar-refractivity contribution in [3.8, 4) is 0 Å². The second-order valence-corrected chi connectivity index (χ2v) is 12.6. The van der Waals surface area contributed by atoms with Gasteiger partial charge in [0.05, 0.1) is 5.92 Å². The lowest BCUT2D eigenvalue weighted by Crippen LogP contribution is -2.46. The molecule has 0 fully saturated rings. The number of carbonyl (C=O) groups is 4. The van der Waals surface area contributed by atoms with E-state index in [0.717, 1.165) is 5.56 Å². The lowest BCUT2D eigenvalue weighted by molar-refractivity contribution is -0.143. The summed E-state index contributed by atoms with van der Waals surface area (Å²) in [6.07, 6.45) is -2.40. The molecule has 0 saturated carbocycles. The molecule has 3 aromatic carbocycles. The van der Waals surface area contributed by atoms with Crippen molar-refractivity contribution in [3.05, 3.63) is 108 Å². The Bertz CT molecular complexity index is 1400. The molecule has 0 aromatic heterocycles. The smallest absolute Gasteiger partial charge is 0.408 e. The summed E-state index contributed by atoms with van der Waals surface area (Å²) in [6, 6.07) is 24.8. The minimum Gasteiger partial charge on any atom is -0.481 e. The molecule has 2 amide bonds. The molecule has 0 bridgehead atoms. The van der Waals surface area contributed by atoms with Crippen LogP contribution < -0.4 is 10.6 Å². The maximum atomic E-state index is 14.0. The molecule has 5 N–H and O–H groups in total. The third-order valence-electron chi connectivity index (χ3n) is 6.70. The molecule has 11 nitrogen and oxygen atoms in total. The van der Waals surface area contributed by atoms with Crippen LogP contribution in [0.1, 0.15) is 29.5 Å². The molecule has 0 saturated heterocycles. The van der Waals surface area contributed by atoms with E-state index in [1.54, 1.807) is 84.9 Å². The molecule has 3 rings (SSSR count). The number of hydrogen-bond acceptors (Lipinski definition) is 6. The average Bonchev–Trinajstić information content (AvgIpc) is 2.98. The SMILES string of the molecule is O=C(O)CCC(NC(=O)C(Cc1ccccc1)CP(=O)(O)[C@H](Cc1ccccc1)NC(=O)OCc1ccccc1)C(=O)O. The van der Waals surface area contributed by atoms with E-state index in [9.17, 15) is 33.7 Å². The number of rotatable bonds is 16. The van der Waals surface area contributed by atoms with Crippen LogP contribution in [0.15, 0.2) is 91.0 Å². The van der Waals surface area contributed by atoms with Crippen LogP contribution >= 0.6 is 7.37 Å². The first-order valence-corrected chi connectivity index (χ1v) is 15.6. The number of aliphatic carboxylic acids is 2. The van der Waals surface area contributed by atoms with Crippen molar-refractivity contribution >= 4 is 31.3 Å². The molecule has 4 atom stereocenters. The van der Waals surface area contributed by atoms with Crippen LogP contribution in [0.25, 0.3) is 0 Å². The summed E-state index contributed by atoms with van der Waals surface area (Å²) in [5, 5.41) is 23.4. The predicted molar refractivity (Wildman–Crippen MR) is 158 cm³/mol. The van der Waals surface area contributed by atoms with E-state index in [1.165, 1.54) is 0 Å². The summed E-state index contributed by atoms with van der Waals surface area (Å²) in [7, 11) is -4.38. The maximum absolute atomic E-state index is 14.0. The fourth-order valence-electron chi connectivity index (χ4n) is 4.43. The van der Waals surface area contributed by atoms with Crippen molar-refractivity contribution in [3.63, 3.8) is 0 Å². The highest BCUT2D eigenvalue weighted by Crippen LogP contribution is 2.48. The number of ether oxygens (including phenoxy) is 1. The van der Waals surface area contributed by atoms with Gasteiger partial charge in [-0.15, -0.1) is 0 Å². The lowest BCUT2D eigenvalue weighted by atomic mass is 9.99. The minimum absolute atomic E-state index is 0.000989. The van der Waals surface area contributed by atoms with Crippen molar-refractivity contribution in [2.45, 2.75) is 44.1 Å². The largest absolute Gasteiger partial charge is 0.481 e. The highest BCUT2D eigenvalue weighted by Gasteiger charge is 2.38. The first-order valence-electron chi connectivity index (χ1n) is 13.6. The van der Waals surface area contributed by atoms with Crippen LogP contribution in [0.4, 0.5) is 4.79 Å². The Morgan fingerprint density at radius 1 is 0.744 bits per heavy atom. The van der Waals surface area contributed by atoms with Crippen LogP contribution in [0.2, 0.25) is 0 Å². The van der Waals surface area contributed by atoms with Gasteiger partial charge in [-0.05, 0) is 29.5 Å². The maximum Gasteiger partial charge on any atom is 0.408 e. The quantitative estimate of drug-likeness (QED) is 0.150. The van der Waals surface area contributed by atoms with Gasteiger partial charge in [-0.2, -0.15) is 0 Å². The summed E-state index contributed by atoms with van der Waals surface area (Å²) >= 11 is 0. The number of alkyl carbamates (subject to hydrolysis) is 1. The van der Waals surface area contributed by atoms with Crippen LogP contribution in [-0.2, 0) is 43.1 Å². The third-order valence-corrected chi connectivity index (χ3v) is 8.94. The van der Waals surface area contributed by atoms with Gasteiger partial charge in [0, 0.05) is 19.0 Å². The average molecular weight is 611 g/mol. The number of carbonyl (C=O) groups excluding carboxylic acids is 2. The van der Waals surface area contributed by atoms with Crippen LogP contribution in [0.5, 0.6) is 0 Å². The molecule has 0 heterocycles. The zero-order valence-electron chi connectivity index (χ0n) is 23.4. The van der Waals surface area contributed by atoms with Gasteiger partial charge in [-0.3, -0.25) is 14.2 Å². The molecule has 3 unspecified atom stereocenters. The van der Waals surface area contributed by atoms with Gasteiger partial charge in [-0.1, -0.05) is 91.0 Å². The standard InChI is InChI=1S/C31H35N2O9P/c34-28(35)17-16-26(30(37)38)32-29(36)25(18-22-10-4-1-5-11-22)21-43(40,41)27(19-23-12-6-2-7-13-23)33-31(39)42-20-24-14-8-3-9-15-24/h1-15,25-27H,16-21H2,(H,32,36)(H,33,39)(H,34,35)(H,37,38)(H,40,41)/t25?,26?,27-/m1/s1. The highest BCUT2D eigenvalue weighted by molar-refractivity contribution is 7.58. The number of hydrogen-bond donors (Lipinski definition) is 5. The van der Waals surface area contributed by atoms with E-state index >= 15 is 0 Å². The van der Waals surface area contributed by atoms with Gasteiger partial charge in [0.15, 0.2) is 0 Å². The second-order valence-electron chi connectivity index (χ2n) is 10.1. The molecule has 0 radical (unpaired) electrons. The van der Waals surface area contributed by atoms with Crippen LogP contribution in [0, 0.1) is 5.92 Å². The normalized spacial score (nSPS) is 14.3. The molecular formula is C31H35N2O9P. The van der Waals surface area contributed by atoms with Gasteiger partial charge in [0.1, 0.15) is 18.4 Å². The Kier molecular flexibility index (Phi) is 12.5. The van der Waals surface area contributed by atoms with Gasteiger partial charge in [0.2, 0.25) is 13.3 Å². The molecule has 228 valence electrons. The minimum atomic E-state index is -4.38. The zero-order valence-corrected chi connectivity index (χ0v) is 24.3. The fourth-order valence-corrected chi connectivity index (χ4v) is 6.41. The molecule has 12 heteroatoms. The van der Waals surface area contributed by atoms with E-state index in [-0.39, 0.29) is 25.9 Å². The van der Waals surface area contributed by atoms with Gasteiger partial charge < -0.3 is 30.5 Å². The first-order chi connectivity index (χ1) is 20.5. The van der Waals surface area contributed by atoms with E-state index in [1.807, 2.05) is 6.07 Å². The van der Waals surface area contributed by atoms with Crippen molar-refractivity contribution in [2.75, 3.05) is 6.16 Å². The summed E-state index contributed by atoms with van der Waals surface area (Å²) in [4.78, 5) is 60.3. The van der Waals surface area contributed by atoms with E-state index in [2.05, 4.69) is 10.6 Å². The van der Waals surface area contributed by atoms with Crippen molar-refractivity contribution < 1.29 is 43.6 Å². The molecule has 0 spiro atoms.